The van der Waals surface area contributed by atoms with Crippen molar-refractivity contribution in [2.75, 3.05) is 30.8 Å². The third-order valence-electron chi connectivity index (χ3n) is 3.67. The number of hydrogen-bond acceptors (Lipinski definition) is 5. The van der Waals surface area contributed by atoms with E-state index in [9.17, 15) is 0 Å². The van der Waals surface area contributed by atoms with E-state index in [2.05, 4.69) is 17.9 Å². The molecule has 0 aromatic carbocycles. The molecule has 1 fully saturated rings. The monoisotopic (exact) mass is 265 g/mol. The first kappa shape index (κ1) is 13.0. The summed E-state index contributed by atoms with van der Waals surface area (Å²) in [6.07, 6.45) is 3.67. The lowest BCUT2D eigenvalue weighted by atomic mass is 9.94. The van der Waals surface area contributed by atoms with E-state index in [0.717, 1.165) is 24.0 Å². The summed E-state index contributed by atoms with van der Waals surface area (Å²) in [4.78, 5) is 2.85. The number of nitriles is 1. The summed E-state index contributed by atoms with van der Waals surface area (Å²) < 4.78 is 5.36. The third-order valence-corrected chi connectivity index (χ3v) is 4.82. The molecule has 2 rings (SSSR count). The van der Waals surface area contributed by atoms with Crippen LogP contribution in [0.15, 0.2) is 0 Å². The Labute approximate surface area is 112 Å². The number of nitrogen functional groups attached to an aromatic ring is 1. The van der Waals surface area contributed by atoms with Gasteiger partial charge in [0.1, 0.15) is 21.6 Å². The molecule has 0 unspecified atom stereocenters. The van der Waals surface area contributed by atoms with Crippen molar-refractivity contribution in [1.29, 1.82) is 5.26 Å². The second-order valence-corrected chi connectivity index (χ2v) is 5.63. The van der Waals surface area contributed by atoms with Crippen molar-refractivity contribution in [3.05, 3.63) is 4.88 Å². The summed E-state index contributed by atoms with van der Waals surface area (Å²) in [5, 5.41) is 10.1. The van der Waals surface area contributed by atoms with Gasteiger partial charge < -0.3 is 15.4 Å². The molecule has 1 aromatic heterocycles. The van der Waals surface area contributed by atoms with Gasteiger partial charge in [0.25, 0.3) is 0 Å². The van der Waals surface area contributed by atoms with Crippen molar-refractivity contribution in [1.82, 2.24) is 0 Å². The minimum atomic E-state index is 0.484. The molecule has 2 N–H and O–H groups in total. The van der Waals surface area contributed by atoms with Gasteiger partial charge in [-0.05, 0) is 18.8 Å². The van der Waals surface area contributed by atoms with E-state index in [1.807, 2.05) is 0 Å². The fraction of sp³-hybridized carbons (Fsp3) is 0.615. The molecule has 1 saturated heterocycles. The fourth-order valence-corrected chi connectivity index (χ4v) is 3.49. The van der Waals surface area contributed by atoms with Crippen LogP contribution in [0, 0.1) is 17.2 Å². The standard InChI is InChI=1S/C13H19N3OS/c1-3-9-4-6-16(7-5-9)13-12(17-2)11(15)10(8-14)18-13/h9H,3-7,15H2,1-2H3. The maximum absolute atomic E-state index is 9.04. The maximum atomic E-state index is 9.04. The van der Waals surface area contributed by atoms with E-state index in [-0.39, 0.29) is 0 Å². The Morgan fingerprint density at radius 2 is 2.17 bits per heavy atom. The molecule has 1 aliphatic heterocycles. The zero-order chi connectivity index (χ0) is 13.1. The Morgan fingerprint density at radius 1 is 1.50 bits per heavy atom. The largest absolute Gasteiger partial charge is 0.492 e. The molecule has 2 heterocycles. The van der Waals surface area contributed by atoms with Gasteiger partial charge in [0.05, 0.1) is 7.11 Å². The van der Waals surface area contributed by atoms with E-state index in [1.165, 1.54) is 30.6 Å². The zero-order valence-corrected chi connectivity index (χ0v) is 11.7. The first-order chi connectivity index (χ1) is 8.71. The molecule has 0 amide bonds. The highest BCUT2D eigenvalue weighted by molar-refractivity contribution is 7.17. The Bertz CT molecular complexity index is 456. The molecule has 4 nitrogen and oxygen atoms in total. The fourth-order valence-electron chi connectivity index (χ4n) is 2.45. The van der Waals surface area contributed by atoms with Crippen LogP contribution in [0.1, 0.15) is 31.1 Å². The number of thiophene rings is 1. The van der Waals surface area contributed by atoms with Gasteiger partial charge in [-0.3, -0.25) is 0 Å². The summed E-state index contributed by atoms with van der Waals surface area (Å²) in [6.45, 7) is 4.30. The Balaban J connectivity index is 2.21. The molecule has 18 heavy (non-hydrogen) atoms. The average molecular weight is 265 g/mol. The van der Waals surface area contributed by atoms with Crippen molar-refractivity contribution in [2.24, 2.45) is 5.92 Å². The second kappa shape index (κ2) is 5.49. The van der Waals surface area contributed by atoms with Crippen molar-refractivity contribution in [2.45, 2.75) is 26.2 Å². The van der Waals surface area contributed by atoms with Crippen LogP contribution in [0.4, 0.5) is 10.7 Å². The van der Waals surface area contributed by atoms with Gasteiger partial charge in [-0.25, -0.2) is 0 Å². The predicted octanol–water partition coefficient (Wildman–Crippen LogP) is 2.84. The molecule has 5 heteroatoms. The maximum Gasteiger partial charge on any atom is 0.177 e. The van der Waals surface area contributed by atoms with E-state index >= 15 is 0 Å². The van der Waals surface area contributed by atoms with Crippen LogP contribution in [-0.4, -0.2) is 20.2 Å². The molecule has 0 atom stereocenters. The number of hydrogen-bond donors (Lipinski definition) is 1. The van der Waals surface area contributed by atoms with Crippen LogP contribution >= 0.6 is 11.3 Å². The average Bonchev–Trinajstić information content (AvgIpc) is 2.75. The highest BCUT2D eigenvalue weighted by Gasteiger charge is 2.25. The van der Waals surface area contributed by atoms with Crippen molar-refractivity contribution >= 4 is 22.0 Å². The lowest BCUT2D eigenvalue weighted by molar-refractivity contribution is 0.387. The first-order valence-corrected chi connectivity index (χ1v) is 7.14. The lowest BCUT2D eigenvalue weighted by Gasteiger charge is -2.32. The summed E-state index contributed by atoms with van der Waals surface area (Å²) in [6, 6.07) is 2.14. The smallest absolute Gasteiger partial charge is 0.177 e. The van der Waals surface area contributed by atoms with Crippen LogP contribution in [-0.2, 0) is 0 Å². The van der Waals surface area contributed by atoms with Crippen LogP contribution in [0.5, 0.6) is 5.75 Å². The molecule has 1 aromatic rings. The van der Waals surface area contributed by atoms with Gasteiger partial charge in [0.15, 0.2) is 5.75 Å². The SMILES string of the molecule is CCC1CCN(c2sc(C#N)c(N)c2OC)CC1. The number of nitrogens with zero attached hydrogens (tertiary/aromatic N) is 2. The van der Waals surface area contributed by atoms with Crippen LogP contribution in [0.25, 0.3) is 0 Å². The minimum absolute atomic E-state index is 0.484. The second-order valence-electron chi connectivity index (χ2n) is 4.63. The highest BCUT2D eigenvalue weighted by Crippen LogP contribution is 2.45. The number of rotatable bonds is 3. The van der Waals surface area contributed by atoms with E-state index in [1.54, 1.807) is 7.11 Å². The summed E-state index contributed by atoms with van der Waals surface area (Å²) in [5.74, 6) is 1.51. The molecule has 1 aliphatic rings. The predicted molar refractivity (Wildman–Crippen MR) is 75.2 cm³/mol. The van der Waals surface area contributed by atoms with Gasteiger partial charge in [-0.2, -0.15) is 5.26 Å². The number of nitrogens with two attached hydrogens (primary N) is 1. The molecule has 0 saturated carbocycles. The molecule has 0 bridgehead atoms. The van der Waals surface area contributed by atoms with Gasteiger partial charge in [0, 0.05) is 13.1 Å². The van der Waals surface area contributed by atoms with Gasteiger partial charge in [-0.15, -0.1) is 11.3 Å². The molecular formula is C13H19N3OS. The van der Waals surface area contributed by atoms with Crippen LogP contribution < -0.4 is 15.4 Å². The topological polar surface area (TPSA) is 62.3 Å². The van der Waals surface area contributed by atoms with E-state index < -0.39 is 0 Å². The quantitative estimate of drug-likeness (QED) is 0.912. The number of ether oxygens (including phenoxy) is 1. The van der Waals surface area contributed by atoms with Crippen molar-refractivity contribution in [3.63, 3.8) is 0 Å². The van der Waals surface area contributed by atoms with E-state index in [4.69, 9.17) is 15.7 Å². The molecule has 0 spiro atoms. The highest BCUT2D eigenvalue weighted by atomic mass is 32.1. The summed E-state index contributed by atoms with van der Waals surface area (Å²) in [5.41, 5.74) is 6.41. The normalized spacial score (nSPS) is 16.6. The van der Waals surface area contributed by atoms with Gasteiger partial charge >= 0.3 is 0 Å². The minimum Gasteiger partial charge on any atom is -0.492 e. The lowest BCUT2D eigenvalue weighted by Crippen LogP contribution is -2.33. The molecule has 0 radical (unpaired) electrons. The van der Waals surface area contributed by atoms with Gasteiger partial charge in [0.2, 0.25) is 0 Å². The third kappa shape index (κ3) is 2.25. The number of anilines is 2. The Kier molecular flexibility index (Phi) is 3.97. The number of methoxy groups -OCH3 is 1. The molecular weight excluding hydrogens is 246 g/mol. The van der Waals surface area contributed by atoms with Crippen molar-refractivity contribution < 1.29 is 4.74 Å². The summed E-state index contributed by atoms with van der Waals surface area (Å²) >= 11 is 1.44. The Morgan fingerprint density at radius 3 is 2.67 bits per heavy atom. The first-order valence-electron chi connectivity index (χ1n) is 6.32. The Hall–Kier alpha value is -1.41. The number of piperidine rings is 1. The van der Waals surface area contributed by atoms with E-state index in [0.29, 0.717) is 16.3 Å². The van der Waals surface area contributed by atoms with Crippen molar-refractivity contribution in [3.8, 4) is 11.8 Å². The summed E-state index contributed by atoms with van der Waals surface area (Å²) in [7, 11) is 1.61. The van der Waals surface area contributed by atoms with Crippen LogP contribution in [0.2, 0.25) is 0 Å². The van der Waals surface area contributed by atoms with Crippen LogP contribution in [0.3, 0.4) is 0 Å². The molecule has 98 valence electrons. The zero-order valence-electron chi connectivity index (χ0n) is 10.9. The molecule has 0 aliphatic carbocycles. The van der Waals surface area contributed by atoms with Gasteiger partial charge in [-0.1, -0.05) is 13.3 Å².